The van der Waals surface area contributed by atoms with Crippen molar-refractivity contribution in [2.45, 2.75) is 38.7 Å². The summed E-state index contributed by atoms with van der Waals surface area (Å²) in [4.78, 5) is 8.81. The summed E-state index contributed by atoms with van der Waals surface area (Å²) in [5.41, 5.74) is 0.683. The maximum Gasteiger partial charge on any atom is 0.229 e. The molecular weight excluding hydrogens is 270 g/mol. The Morgan fingerprint density at radius 3 is 3.19 bits per heavy atom. The van der Waals surface area contributed by atoms with Crippen LogP contribution in [0.5, 0.6) is 5.88 Å². The van der Waals surface area contributed by atoms with Crippen molar-refractivity contribution in [2.75, 3.05) is 25.1 Å². The number of anilines is 1. The minimum atomic E-state index is 0.155. The fourth-order valence-electron chi connectivity index (χ4n) is 2.34. The quantitative estimate of drug-likeness (QED) is 0.848. The van der Waals surface area contributed by atoms with Crippen LogP contribution in [0.1, 0.15) is 32.6 Å². The van der Waals surface area contributed by atoms with Crippen molar-refractivity contribution in [3.8, 4) is 5.88 Å². The van der Waals surface area contributed by atoms with Gasteiger partial charge in [-0.25, -0.2) is 0 Å². The van der Waals surface area contributed by atoms with E-state index in [2.05, 4.69) is 32.4 Å². The summed E-state index contributed by atoms with van der Waals surface area (Å²) in [6, 6.07) is 0. The molecule has 2 aromatic rings. The number of fused-ring (bicyclic) bond motifs is 1. The summed E-state index contributed by atoms with van der Waals surface area (Å²) in [5.74, 6) is 1.12. The zero-order chi connectivity index (χ0) is 14.5. The summed E-state index contributed by atoms with van der Waals surface area (Å²) < 4.78 is 11.5. The highest BCUT2D eigenvalue weighted by molar-refractivity contribution is 5.80. The van der Waals surface area contributed by atoms with Gasteiger partial charge in [0, 0.05) is 13.2 Å². The van der Waals surface area contributed by atoms with Gasteiger partial charge in [-0.05, 0) is 25.7 Å². The Balaban J connectivity index is 1.73. The second-order valence-corrected chi connectivity index (χ2v) is 5.21. The van der Waals surface area contributed by atoms with Gasteiger partial charge in [-0.1, -0.05) is 6.92 Å². The molecule has 1 aliphatic rings. The Morgan fingerprint density at radius 1 is 1.43 bits per heavy atom. The lowest BCUT2D eigenvalue weighted by Crippen LogP contribution is -2.26. The number of rotatable bonds is 6. The minimum absolute atomic E-state index is 0.155. The molecule has 1 atom stereocenters. The van der Waals surface area contributed by atoms with Gasteiger partial charge in [0.05, 0.1) is 12.3 Å². The molecule has 2 N–H and O–H groups in total. The molecule has 0 bridgehead atoms. The average Bonchev–Trinajstić information content (AvgIpc) is 3.00. The second-order valence-electron chi connectivity index (χ2n) is 5.21. The molecule has 3 heterocycles. The molecule has 1 unspecified atom stereocenters. The molecule has 0 radical (unpaired) electrons. The molecule has 0 saturated carbocycles. The average molecular weight is 291 g/mol. The molecule has 1 aliphatic heterocycles. The zero-order valence-corrected chi connectivity index (χ0v) is 12.3. The number of hydrogen-bond acceptors (Lipinski definition) is 6. The summed E-state index contributed by atoms with van der Waals surface area (Å²) >= 11 is 0. The van der Waals surface area contributed by atoms with Gasteiger partial charge in [0.1, 0.15) is 12.0 Å². The van der Waals surface area contributed by atoms with Gasteiger partial charge >= 0.3 is 0 Å². The first-order valence-corrected chi connectivity index (χ1v) is 7.56. The van der Waals surface area contributed by atoms with Gasteiger partial charge in [0.15, 0.2) is 5.65 Å². The molecular formula is C14H21N5O2. The molecule has 7 nitrogen and oxygen atoms in total. The maximum atomic E-state index is 5.86. The molecule has 0 spiro atoms. The molecule has 0 aliphatic carbocycles. The molecule has 0 aromatic carbocycles. The predicted octanol–water partition coefficient (Wildman–Crippen LogP) is 2.12. The van der Waals surface area contributed by atoms with Gasteiger partial charge in [-0.15, -0.1) is 0 Å². The molecule has 3 rings (SSSR count). The third-order valence-corrected chi connectivity index (χ3v) is 3.49. The van der Waals surface area contributed by atoms with Crippen LogP contribution >= 0.6 is 0 Å². The Morgan fingerprint density at radius 2 is 2.38 bits per heavy atom. The number of H-pyrrole nitrogens is 1. The van der Waals surface area contributed by atoms with E-state index in [0.717, 1.165) is 37.8 Å². The lowest BCUT2D eigenvalue weighted by molar-refractivity contribution is -0.0116. The van der Waals surface area contributed by atoms with E-state index in [-0.39, 0.29) is 6.10 Å². The third kappa shape index (κ3) is 3.41. The Kier molecular flexibility index (Phi) is 4.49. The monoisotopic (exact) mass is 291 g/mol. The van der Waals surface area contributed by atoms with E-state index in [1.165, 1.54) is 6.42 Å². The van der Waals surface area contributed by atoms with Crippen LogP contribution in [0.15, 0.2) is 6.20 Å². The largest absolute Gasteiger partial charge is 0.474 e. The van der Waals surface area contributed by atoms with Crippen molar-refractivity contribution in [3.05, 3.63) is 6.20 Å². The highest BCUT2D eigenvalue weighted by Crippen LogP contribution is 2.23. The van der Waals surface area contributed by atoms with E-state index < -0.39 is 0 Å². The molecule has 7 heteroatoms. The summed E-state index contributed by atoms with van der Waals surface area (Å²) in [6.07, 6.45) is 6.23. The number of aromatic amines is 1. The van der Waals surface area contributed by atoms with Crippen LogP contribution in [0.25, 0.3) is 11.0 Å². The summed E-state index contributed by atoms with van der Waals surface area (Å²) in [5, 5.41) is 10.8. The number of hydrogen-bond donors (Lipinski definition) is 2. The lowest BCUT2D eigenvalue weighted by Gasteiger charge is -2.22. The first kappa shape index (κ1) is 14.1. The Bertz CT molecular complexity index is 580. The third-order valence-electron chi connectivity index (χ3n) is 3.49. The van der Waals surface area contributed by atoms with E-state index in [4.69, 9.17) is 9.47 Å². The van der Waals surface area contributed by atoms with Crippen molar-refractivity contribution < 1.29 is 9.47 Å². The van der Waals surface area contributed by atoms with Crippen LogP contribution < -0.4 is 10.1 Å². The van der Waals surface area contributed by atoms with Gasteiger partial charge in [0.25, 0.3) is 0 Å². The standard InChI is InChI=1S/C14H21N5O2/c1-2-6-15-14-17-12-11(8-16-19-12)13(18-14)21-9-10-5-3-4-7-20-10/h8,10H,2-7,9H2,1H3,(H2,15,16,17,18,19). The normalized spacial score (nSPS) is 18.8. The lowest BCUT2D eigenvalue weighted by atomic mass is 10.1. The van der Waals surface area contributed by atoms with E-state index in [0.29, 0.717) is 24.1 Å². The van der Waals surface area contributed by atoms with Crippen LogP contribution in [0.2, 0.25) is 0 Å². The second kappa shape index (κ2) is 6.71. The maximum absolute atomic E-state index is 5.86. The highest BCUT2D eigenvalue weighted by atomic mass is 16.5. The van der Waals surface area contributed by atoms with Crippen molar-refractivity contribution >= 4 is 17.0 Å². The number of aromatic nitrogens is 4. The van der Waals surface area contributed by atoms with Gasteiger partial charge in [-0.3, -0.25) is 5.10 Å². The van der Waals surface area contributed by atoms with Gasteiger partial charge in [0.2, 0.25) is 11.8 Å². The summed E-state index contributed by atoms with van der Waals surface area (Å²) in [7, 11) is 0. The number of ether oxygens (including phenoxy) is 2. The first-order valence-electron chi connectivity index (χ1n) is 7.56. The van der Waals surface area contributed by atoms with Gasteiger partial charge < -0.3 is 14.8 Å². The number of nitrogens with one attached hydrogen (secondary N) is 2. The topological polar surface area (TPSA) is 85.0 Å². The Labute approximate surface area is 123 Å². The predicted molar refractivity (Wildman–Crippen MR) is 79.6 cm³/mol. The van der Waals surface area contributed by atoms with Crippen LogP contribution in [0.4, 0.5) is 5.95 Å². The van der Waals surface area contributed by atoms with E-state index in [9.17, 15) is 0 Å². The van der Waals surface area contributed by atoms with Crippen LogP contribution in [-0.4, -0.2) is 46.0 Å². The molecule has 21 heavy (non-hydrogen) atoms. The van der Waals surface area contributed by atoms with Crippen molar-refractivity contribution in [2.24, 2.45) is 0 Å². The van der Waals surface area contributed by atoms with Crippen molar-refractivity contribution in [1.29, 1.82) is 0 Å². The summed E-state index contributed by atoms with van der Waals surface area (Å²) in [6.45, 7) is 4.26. The molecule has 2 aromatic heterocycles. The van der Waals surface area contributed by atoms with Crippen molar-refractivity contribution in [1.82, 2.24) is 20.2 Å². The smallest absolute Gasteiger partial charge is 0.229 e. The van der Waals surface area contributed by atoms with Crippen LogP contribution in [-0.2, 0) is 4.74 Å². The van der Waals surface area contributed by atoms with E-state index in [1.54, 1.807) is 6.20 Å². The SMILES string of the molecule is CCCNc1nc(OCC2CCCCO2)c2cn[nH]c2n1. The molecule has 114 valence electrons. The molecule has 0 amide bonds. The van der Waals surface area contributed by atoms with Crippen LogP contribution in [0.3, 0.4) is 0 Å². The van der Waals surface area contributed by atoms with Gasteiger partial charge in [-0.2, -0.15) is 15.1 Å². The van der Waals surface area contributed by atoms with E-state index >= 15 is 0 Å². The van der Waals surface area contributed by atoms with E-state index in [1.807, 2.05) is 0 Å². The fourth-order valence-corrected chi connectivity index (χ4v) is 2.34. The minimum Gasteiger partial charge on any atom is -0.474 e. The molecule has 1 saturated heterocycles. The van der Waals surface area contributed by atoms with Crippen molar-refractivity contribution in [3.63, 3.8) is 0 Å². The Hall–Kier alpha value is -1.89. The fraction of sp³-hybridized carbons (Fsp3) is 0.643. The highest BCUT2D eigenvalue weighted by Gasteiger charge is 2.17. The molecule has 1 fully saturated rings. The number of nitrogens with zero attached hydrogens (tertiary/aromatic N) is 3. The first-order chi connectivity index (χ1) is 10.4. The zero-order valence-electron chi connectivity index (χ0n) is 12.3. The van der Waals surface area contributed by atoms with Crippen LogP contribution in [0, 0.1) is 0 Å².